The van der Waals surface area contributed by atoms with E-state index < -0.39 is 30.4 Å². The van der Waals surface area contributed by atoms with E-state index in [1.165, 1.54) is 36.8 Å². The molecule has 162 valence electrons. The Morgan fingerprint density at radius 3 is 2.48 bits per heavy atom. The van der Waals surface area contributed by atoms with Gasteiger partial charge >= 0.3 is 11.9 Å². The molecular formula is C20H18N2O7S2. The molecule has 3 heterocycles. The quantitative estimate of drug-likeness (QED) is 0.511. The third-order valence-corrected chi connectivity index (χ3v) is 6.25. The van der Waals surface area contributed by atoms with Crippen molar-refractivity contribution in [2.75, 3.05) is 24.4 Å². The molecule has 0 fully saturated rings. The number of thiophene rings is 2. The first-order valence-corrected chi connectivity index (χ1v) is 10.5. The topological polar surface area (TPSA) is 124 Å². The Kier molecular flexibility index (Phi) is 6.88. The summed E-state index contributed by atoms with van der Waals surface area (Å²) in [6.07, 6.45) is 1.38. The lowest BCUT2D eigenvalue weighted by atomic mass is 10.1. The number of carbonyl (C=O) groups is 4. The molecule has 0 saturated carbocycles. The first-order valence-electron chi connectivity index (χ1n) is 8.90. The highest BCUT2D eigenvalue weighted by molar-refractivity contribution is 7.18. The largest absolute Gasteiger partial charge is 0.465 e. The zero-order valence-corrected chi connectivity index (χ0v) is 18.4. The molecule has 0 bridgehead atoms. The van der Waals surface area contributed by atoms with Crippen molar-refractivity contribution in [2.24, 2.45) is 0 Å². The van der Waals surface area contributed by atoms with Crippen LogP contribution in [0.2, 0.25) is 0 Å². The number of furan rings is 1. The van der Waals surface area contributed by atoms with Crippen LogP contribution in [-0.2, 0) is 14.3 Å². The van der Waals surface area contributed by atoms with Crippen molar-refractivity contribution in [2.45, 2.75) is 13.8 Å². The van der Waals surface area contributed by atoms with Gasteiger partial charge in [0.15, 0.2) is 12.4 Å². The normalized spacial score (nSPS) is 10.4. The molecule has 2 N–H and O–H groups in total. The molecule has 0 aromatic carbocycles. The molecule has 9 nitrogen and oxygen atoms in total. The lowest BCUT2D eigenvalue weighted by molar-refractivity contribution is -0.119. The minimum absolute atomic E-state index is 0.138. The Balaban J connectivity index is 1.56. The Labute approximate surface area is 185 Å². The average molecular weight is 463 g/mol. The second-order valence-electron chi connectivity index (χ2n) is 6.20. The van der Waals surface area contributed by atoms with Gasteiger partial charge in [0.05, 0.1) is 23.9 Å². The second-order valence-corrected chi connectivity index (χ2v) is 8.51. The minimum atomic E-state index is -0.717. The molecule has 0 atom stereocenters. The van der Waals surface area contributed by atoms with Crippen LogP contribution in [0.4, 0.5) is 10.0 Å². The predicted octanol–water partition coefficient (Wildman–Crippen LogP) is 3.85. The standard InChI is InChI=1S/C20H18N2O7S2/c1-10-11(2)30-18(16(10)20(26)27-3)21-14(23)9-29-19(25)13-6-7-15(31-13)22-17(24)12-5-4-8-28-12/h4-8H,9H2,1-3H3,(H,21,23)(H,22,24). The summed E-state index contributed by atoms with van der Waals surface area (Å²) in [7, 11) is 1.26. The van der Waals surface area contributed by atoms with Crippen LogP contribution < -0.4 is 10.6 Å². The van der Waals surface area contributed by atoms with Gasteiger partial charge in [-0.3, -0.25) is 9.59 Å². The third kappa shape index (κ3) is 5.19. The summed E-state index contributed by atoms with van der Waals surface area (Å²) in [5.41, 5.74) is 0.992. The number of hydrogen-bond acceptors (Lipinski definition) is 9. The summed E-state index contributed by atoms with van der Waals surface area (Å²) < 4.78 is 14.8. The smallest absolute Gasteiger partial charge is 0.348 e. The van der Waals surface area contributed by atoms with Crippen LogP contribution in [0.25, 0.3) is 0 Å². The van der Waals surface area contributed by atoms with Gasteiger partial charge in [-0.1, -0.05) is 0 Å². The summed E-state index contributed by atoms with van der Waals surface area (Å²) in [6.45, 7) is 3.04. The summed E-state index contributed by atoms with van der Waals surface area (Å²) in [5.74, 6) is -2.18. The van der Waals surface area contributed by atoms with Gasteiger partial charge < -0.3 is 24.5 Å². The number of esters is 2. The fraction of sp³-hybridized carbons (Fsp3) is 0.200. The van der Waals surface area contributed by atoms with Crippen LogP contribution in [0, 0.1) is 13.8 Å². The van der Waals surface area contributed by atoms with Crippen LogP contribution in [0.3, 0.4) is 0 Å². The number of ether oxygens (including phenoxy) is 2. The van der Waals surface area contributed by atoms with Gasteiger partial charge in [-0.2, -0.15) is 0 Å². The number of methoxy groups -OCH3 is 1. The van der Waals surface area contributed by atoms with Crippen LogP contribution >= 0.6 is 22.7 Å². The lowest BCUT2D eigenvalue weighted by Gasteiger charge is -2.06. The Bertz CT molecular complexity index is 1130. The molecule has 0 spiro atoms. The maximum atomic E-state index is 12.2. The molecule has 3 rings (SSSR count). The number of nitrogens with one attached hydrogen (secondary N) is 2. The fourth-order valence-electron chi connectivity index (χ4n) is 2.52. The van der Waals surface area contributed by atoms with Crippen molar-refractivity contribution in [3.05, 3.63) is 57.2 Å². The first kappa shape index (κ1) is 22.2. The van der Waals surface area contributed by atoms with E-state index in [0.29, 0.717) is 15.6 Å². The summed E-state index contributed by atoms with van der Waals surface area (Å²) in [5, 5.41) is 5.94. The number of amides is 2. The maximum absolute atomic E-state index is 12.2. The highest BCUT2D eigenvalue weighted by Gasteiger charge is 2.22. The monoisotopic (exact) mass is 462 g/mol. The minimum Gasteiger partial charge on any atom is -0.465 e. The van der Waals surface area contributed by atoms with E-state index in [9.17, 15) is 19.2 Å². The van der Waals surface area contributed by atoms with Gasteiger partial charge in [-0.25, -0.2) is 9.59 Å². The average Bonchev–Trinajstić information content (AvgIpc) is 3.48. The van der Waals surface area contributed by atoms with E-state index in [1.807, 2.05) is 6.92 Å². The zero-order valence-electron chi connectivity index (χ0n) is 16.8. The number of anilines is 2. The summed E-state index contributed by atoms with van der Waals surface area (Å²) in [6, 6.07) is 6.12. The third-order valence-electron chi connectivity index (χ3n) is 4.15. The van der Waals surface area contributed by atoms with E-state index in [1.54, 1.807) is 19.1 Å². The van der Waals surface area contributed by atoms with E-state index in [0.717, 1.165) is 16.2 Å². The molecule has 0 aliphatic heterocycles. The van der Waals surface area contributed by atoms with Crippen molar-refractivity contribution in [1.82, 2.24) is 0 Å². The van der Waals surface area contributed by atoms with Gasteiger partial charge in [0.2, 0.25) is 0 Å². The molecule has 31 heavy (non-hydrogen) atoms. The van der Waals surface area contributed by atoms with Crippen LogP contribution in [-0.4, -0.2) is 37.5 Å². The molecule has 0 unspecified atom stereocenters. The lowest BCUT2D eigenvalue weighted by Crippen LogP contribution is -2.21. The fourth-order valence-corrected chi connectivity index (χ4v) is 4.38. The van der Waals surface area contributed by atoms with Crippen LogP contribution in [0.15, 0.2) is 34.9 Å². The van der Waals surface area contributed by atoms with E-state index in [4.69, 9.17) is 13.9 Å². The van der Waals surface area contributed by atoms with Gasteiger partial charge in [0.25, 0.3) is 11.8 Å². The SMILES string of the molecule is COC(=O)c1c(NC(=O)COC(=O)c2ccc(NC(=O)c3ccco3)s2)sc(C)c1C. The summed E-state index contributed by atoms with van der Waals surface area (Å²) >= 11 is 2.23. The van der Waals surface area contributed by atoms with E-state index in [-0.39, 0.29) is 16.2 Å². The van der Waals surface area contributed by atoms with E-state index in [2.05, 4.69) is 10.6 Å². The van der Waals surface area contributed by atoms with Crippen molar-refractivity contribution in [3.8, 4) is 0 Å². The number of aryl methyl sites for hydroxylation is 1. The molecule has 0 aliphatic rings. The number of hydrogen-bond donors (Lipinski definition) is 2. The molecule has 11 heteroatoms. The van der Waals surface area contributed by atoms with Crippen molar-refractivity contribution >= 4 is 56.4 Å². The van der Waals surface area contributed by atoms with Gasteiger partial charge in [-0.15, -0.1) is 22.7 Å². The highest BCUT2D eigenvalue weighted by atomic mass is 32.1. The van der Waals surface area contributed by atoms with E-state index >= 15 is 0 Å². The zero-order chi connectivity index (χ0) is 22.5. The Morgan fingerprint density at radius 1 is 1.03 bits per heavy atom. The highest BCUT2D eigenvalue weighted by Crippen LogP contribution is 2.33. The predicted molar refractivity (Wildman–Crippen MR) is 115 cm³/mol. The van der Waals surface area contributed by atoms with Gasteiger partial charge in [-0.05, 0) is 43.7 Å². The molecule has 0 saturated heterocycles. The Hall–Kier alpha value is -3.44. The molecule has 0 aliphatic carbocycles. The summed E-state index contributed by atoms with van der Waals surface area (Å²) in [4.78, 5) is 49.4. The van der Waals surface area contributed by atoms with Crippen molar-refractivity contribution in [1.29, 1.82) is 0 Å². The molecular weight excluding hydrogens is 444 g/mol. The van der Waals surface area contributed by atoms with Gasteiger partial charge in [0.1, 0.15) is 9.88 Å². The molecule has 0 radical (unpaired) electrons. The number of rotatable bonds is 7. The molecule has 3 aromatic rings. The second kappa shape index (κ2) is 9.58. The Morgan fingerprint density at radius 2 is 1.81 bits per heavy atom. The first-order chi connectivity index (χ1) is 14.8. The molecule has 3 aromatic heterocycles. The van der Waals surface area contributed by atoms with Crippen molar-refractivity contribution < 1.29 is 33.1 Å². The van der Waals surface area contributed by atoms with Crippen molar-refractivity contribution in [3.63, 3.8) is 0 Å². The maximum Gasteiger partial charge on any atom is 0.348 e. The van der Waals surface area contributed by atoms with Gasteiger partial charge in [0, 0.05) is 4.88 Å². The number of carbonyl (C=O) groups excluding carboxylic acids is 4. The van der Waals surface area contributed by atoms with Crippen LogP contribution in [0.1, 0.15) is 41.0 Å². The van der Waals surface area contributed by atoms with Crippen LogP contribution in [0.5, 0.6) is 0 Å². The molecule has 2 amide bonds.